The molecule has 32 heavy (non-hydrogen) atoms. The molecule has 7 heteroatoms. The first-order valence-electron chi connectivity index (χ1n) is 11.6. The maximum absolute atomic E-state index is 13.9. The third kappa shape index (κ3) is 4.52. The molecule has 1 amide bonds. The summed E-state index contributed by atoms with van der Waals surface area (Å²) in [4.78, 5) is 14.9. The molecule has 174 valence electrons. The number of amides is 1. The van der Waals surface area contributed by atoms with E-state index in [1.807, 2.05) is 69.0 Å². The predicted molar refractivity (Wildman–Crippen MR) is 122 cm³/mol. The van der Waals surface area contributed by atoms with Crippen molar-refractivity contribution >= 4 is 11.7 Å². The van der Waals surface area contributed by atoms with Gasteiger partial charge >= 0.3 is 0 Å². The molecule has 1 N–H and O–H groups in total. The molecule has 0 spiro atoms. The Hall–Kier alpha value is -2.44. The standard InChI is InChI=1S/C25H34F2N4O/c1-16(17-8-6-5-7-9-17)24(32)30-12-10-18(11-13-30)19-14-20(23(26)27)31-22(28-19)15-21(29-31)25(2,3)4/h5-9,15-16,18-20,23,28H,10-14H2,1-4H3/t16?,19-,20+/m0/s1. The Labute approximate surface area is 189 Å². The van der Waals surface area contributed by atoms with Crippen molar-refractivity contribution in [3.05, 3.63) is 47.7 Å². The van der Waals surface area contributed by atoms with Crippen LogP contribution in [0.15, 0.2) is 36.4 Å². The van der Waals surface area contributed by atoms with E-state index in [-0.39, 0.29) is 29.2 Å². The molecule has 2 aliphatic heterocycles. The lowest BCUT2D eigenvalue weighted by Crippen LogP contribution is -2.46. The van der Waals surface area contributed by atoms with Gasteiger partial charge in [0.2, 0.25) is 5.91 Å². The molecule has 1 unspecified atom stereocenters. The van der Waals surface area contributed by atoms with E-state index >= 15 is 0 Å². The van der Waals surface area contributed by atoms with Crippen molar-refractivity contribution in [2.75, 3.05) is 18.4 Å². The highest BCUT2D eigenvalue weighted by Gasteiger charge is 2.39. The van der Waals surface area contributed by atoms with Crippen LogP contribution in [0.1, 0.15) is 70.2 Å². The number of nitrogens with zero attached hydrogens (tertiary/aromatic N) is 3. The van der Waals surface area contributed by atoms with Crippen molar-refractivity contribution in [3.63, 3.8) is 0 Å². The van der Waals surface area contributed by atoms with E-state index in [0.29, 0.717) is 25.3 Å². The third-order valence-corrected chi connectivity index (χ3v) is 7.03. The maximum atomic E-state index is 13.9. The van der Waals surface area contributed by atoms with Crippen LogP contribution in [0.2, 0.25) is 0 Å². The molecule has 2 aliphatic rings. The van der Waals surface area contributed by atoms with Crippen LogP contribution in [0.5, 0.6) is 0 Å². The molecule has 1 saturated heterocycles. The molecular formula is C25H34F2N4O. The van der Waals surface area contributed by atoms with E-state index in [1.54, 1.807) is 0 Å². The predicted octanol–water partition coefficient (Wildman–Crippen LogP) is 5.21. The first-order valence-corrected chi connectivity index (χ1v) is 11.6. The van der Waals surface area contributed by atoms with Crippen molar-refractivity contribution in [2.45, 2.75) is 76.8 Å². The Balaban J connectivity index is 1.42. The smallest absolute Gasteiger partial charge is 0.260 e. The number of likely N-dealkylation sites (tertiary alicyclic amines) is 1. The van der Waals surface area contributed by atoms with Gasteiger partial charge in [-0.1, -0.05) is 51.1 Å². The number of aromatic nitrogens is 2. The summed E-state index contributed by atoms with van der Waals surface area (Å²) in [5.74, 6) is 0.917. The highest BCUT2D eigenvalue weighted by molar-refractivity contribution is 5.83. The van der Waals surface area contributed by atoms with E-state index < -0.39 is 12.5 Å². The van der Waals surface area contributed by atoms with Crippen LogP contribution in [0.25, 0.3) is 0 Å². The molecule has 3 heterocycles. The van der Waals surface area contributed by atoms with Crippen molar-refractivity contribution in [1.29, 1.82) is 0 Å². The Bertz CT molecular complexity index is 929. The summed E-state index contributed by atoms with van der Waals surface area (Å²) in [5, 5.41) is 8.01. The van der Waals surface area contributed by atoms with Gasteiger partial charge in [-0.2, -0.15) is 5.10 Å². The number of benzene rings is 1. The molecule has 2 aromatic rings. The van der Waals surface area contributed by atoms with Crippen LogP contribution in [0.4, 0.5) is 14.6 Å². The molecule has 1 fully saturated rings. The number of nitrogens with one attached hydrogen (secondary N) is 1. The number of halogens is 2. The number of fused-ring (bicyclic) bond motifs is 1. The number of hydrogen-bond donors (Lipinski definition) is 1. The summed E-state index contributed by atoms with van der Waals surface area (Å²) in [7, 11) is 0. The third-order valence-electron chi connectivity index (χ3n) is 7.03. The molecule has 4 rings (SSSR count). The van der Waals surface area contributed by atoms with E-state index in [4.69, 9.17) is 0 Å². The van der Waals surface area contributed by atoms with Gasteiger partial charge in [0.15, 0.2) is 0 Å². The maximum Gasteiger partial charge on any atom is 0.260 e. The molecule has 3 atom stereocenters. The summed E-state index contributed by atoms with van der Waals surface area (Å²) in [6.07, 6.45) is -0.462. The molecule has 0 bridgehead atoms. The number of rotatable bonds is 4. The second-order valence-corrected chi connectivity index (χ2v) is 10.3. The minimum Gasteiger partial charge on any atom is -0.367 e. The lowest BCUT2D eigenvalue weighted by atomic mass is 9.84. The largest absolute Gasteiger partial charge is 0.367 e. The van der Waals surface area contributed by atoms with Gasteiger partial charge in [0, 0.05) is 30.6 Å². The summed E-state index contributed by atoms with van der Waals surface area (Å²) >= 11 is 0. The zero-order valence-corrected chi connectivity index (χ0v) is 19.4. The molecule has 0 aliphatic carbocycles. The minimum atomic E-state index is -2.46. The zero-order valence-electron chi connectivity index (χ0n) is 19.4. The second-order valence-electron chi connectivity index (χ2n) is 10.3. The number of alkyl halides is 2. The lowest BCUT2D eigenvalue weighted by Gasteiger charge is -2.41. The van der Waals surface area contributed by atoms with Gasteiger partial charge in [-0.3, -0.25) is 4.79 Å². The van der Waals surface area contributed by atoms with Gasteiger partial charge in [0.25, 0.3) is 6.43 Å². The Morgan fingerprint density at radius 2 is 1.81 bits per heavy atom. The average molecular weight is 445 g/mol. The van der Waals surface area contributed by atoms with Crippen molar-refractivity contribution in [1.82, 2.24) is 14.7 Å². The first-order chi connectivity index (χ1) is 15.1. The summed E-state index contributed by atoms with van der Waals surface area (Å²) < 4.78 is 29.3. The van der Waals surface area contributed by atoms with Gasteiger partial charge in [-0.25, -0.2) is 13.5 Å². The van der Waals surface area contributed by atoms with E-state index in [1.165, 1.54) is 4.68 Å². The van der Waals surface area contributed by atoms with E-state index in [2.05, 4.69) is 10.4 Å². The normalized spacial score (nSPS) is 23.0. The number of piperidine rings is 1. The molecule has 5 nitrogen and oxygen atoms in total. The molecule has 1 aromatic heterocycles. The van der Waals surface area contributed by atoms with E-state index in [9.17, 15) is 13.6 Å². The summed E-state index contributed by atoms with van der Waals surface area (Å²) in [5.41, 5.74) is 1.65. The monoisotopic (exact) mass is 444 g/mol. The van der Waals surface area contributed by atoms with Gasteiger partial charge in [0.1, 0.15) is 11.9 Å². The Morgan fingerprint density at radius 3 is 2.41 bits per heavy atom. The van der Waals surface area contributed by atoms with Crippen LogP contribution in [-0.4, -0.2) is 46.1 Å². The van der Waals surface area contributed by atoms with Crippen LogP contribution >= 0.6 is 0 Å². The highest BCUT2D eigenvalue weighted by atomic mass is 19.3. The summed E-state index contributed by atoms with van der Waals surface area (Å²) in [6.45, 7) is 9.42. The Kier molecular flexibility index (Phi) is 6.28. The van der Waals surface area contributed by atoms with Gasteiger partial charge < -0.3 is 10.2 Å². The fourth-order valence-electron chi connectivity index (χ4n) is 4.93. The van der Waals surface area contributed by atoms with Crippen molar-refractivity contribution < 1.29 is 13.6 Å². The number of anilines is 1. The average Bonchev–Trinajstić information content (AvgIpc) is 3.23. The van der Waals surface area contributed by atoms with Crippen LogP contribution in [0.3, 0.4) is 0 Å². The highest BCUT2D eigenvalue weighted by Crippen LogP contribution is 2.38. The molecule has 0 saturated carbocycles. The topological polar surface area (TPSA) is 50.2 Å². The quantitative estimate of drug-likeness (QED) is 0.704. The molecular weight excluding hydrogens is 410 g/mol. The number of hydrogen-bond acceptors (Lipinski definition) is 3. The fourth-order valence-corrected chi connectivity index (χ4v) is 4.93. The lowest BCUT2D eigenvalue weighted by molar-refractivity contribution is -0.133. The SMILES string of the molecule is CC(C(=O)N1CCC([C@@H]2C[C@H](C(F)F)n3nc(C(C)(C)C)cc3N2)CC1)c1ccccc1. The number of carbonyl (C=O) groups excluding carboxylic acids is 1. The fraction of sp³-hybridized carbons (Fsp3) is 0.600. The van der Waals surface area contributed by atoms with Gasteiger partial charge in [-0.15, -0.1) is 0 Å². The van der Waals surface area contributed by atoms with Crippen LogP contribution < -0.4 is 5.32 Å². The number of carbonyl (C=O) groups is 1. The summed E-state index contributed by atoms with van der Waals surface area (Å²) in [6, 6.07) is 10.8. The van der Waals surface area contributed by atoms with Crippen molar-refractivity contribution in [3.8, 4) is 0 Å². The van der Waals surface area contributed by atoms with Gasteiger partial charge in [-0.05, 0) is 37.7 Å². The molecule has 0 radical (unpaired) electrons. The Morgan fingerprint density at radius 1 is 1.16 bits per heavy atom. The van der Waals surface area contributed by atoms with Crippen LogP contribution in [0, 0.1) is 5.92 Å². The second kappa shape index (κ2) is 8.83. The van der Waals surface area contributed by atoms with Crippen LogP contribution in [-0.2, 0) is 10.2 Å². The van der Waals surface area contributed by atoms with Gasteiger partial charge in [0.05, 0.1) is 11.6 Å². The zero-order chi connectivity index (χ0) is 23.0. The van der Waals surface area contributed by atoms with E-state index in [0.717, 1.165) is 24.1 Å². The molecule has 1 aromatic carbocycles. The minimum absolute atomic E-state index is 0.0326. The first kappa shape index (κ1) is 22.7. The van der Waals surface area contributed by atoms with Crippen molar-refractivity contribution in [2.24, 2.45) is 5.92 Å².